The summed E-state index contributed by atoms with van der Waals surface area (Å²) in [5, 5.41) is 7.18. The molecule has 0 rings (SSSR count). The third-order valence-corrected chi connectivity index (χ3v) is 3.60. The van der Waals surface area contributed by atoms with Crippen LogP contribution in [0.25, 0.3) is 0 Å². The first-order valence-electron chi connectivity index (χ1n) is 4.85. The highest BCUT2D eigenvalue weighted by atomic mass is 32.2. The maximum absolute atomic E-state index is 11.6. The minimum Gasteiger partial charge on any atom is -0.387 e. The van der Waals surface area contributed by atoms with Crippen LogP contribution >= 0.6 is 0 Å². The maximum Gasteiger partial charge on any atom is 0.279 e. The molecule has 0 heterocycles. The van der Waals surface area contributed by atoms with Crippen molar-refractivity contribution in [2.75, 3.05) is 33.9 Å². The van der Waals surface area contributed by atoms with Crippen LogP contribution in [-0.2, 0) is 14.9 Å². The van der Waals surface area contributed by atoms with E-state index in [9.17, 15) is 8.42 Å². The van der Waals surface area contributed by atoms with Crippen LogP contribution in [0.4, 0.5) is 0 Å². The first-order valence-corrected chi connectivity index (χ1v) is 6.29. The van der Waals surface area contributed by atoms with Gasteiger partial charge in [-0.2, -0.15) is 17.4 Å². The van der Waals surface area contributed by atoms with Gasteiger partial charge in [0.05, 0.1) is 12.4 Å². The van der Waals surface area contributed by atoms with Crippen molar-refractivity contribution < 1.29 is 13.2 Å². The van der Waals surface area contributed by atoms with E-state index in [0.29, 0.717) is 6.61 Å². The highest BCUT2D eigenvalue weighted by Gasteiger charge is 2.20. The van der Waals surface area contributed by atoms with Crippen molar-refractivity contribution in [2.45, 2.75) is 6.92 Å². The van der Waals surface area contributed by atoms with E-state index in [-0.39, 0.29) is 24.8 Å². The molecule has 7 nitrogen and oxygen atoms in total. The monoisotopic (exact) mass is 252 g/mol. The number of hydrogen-bond acceptors (Lipinski definition) is 4. The number of ether oxygens (including phenoxy) is 1. The van der Waals surface area contributed by atoms with Gasteiger partial charge in [0.2, 0.25) is 0 Å². The largest absolute Gasteiger partial charge is 0.387 e. The van der Waals surface area contributed by atoms with Crippen molar-refractivity contribution >= 4 is 16.0 Å². The van der Waals surface area contributed by atoms with Gasteiger partial charge in [-0.15, -0.1) is 0 Å². The number of nitrogens with zero attached hydrogens (tertiary/aromatic N) is 1. The summed E-state index contributed by atoms with van der Waals surface area (Å²) in [6, 6.07) is 0. The number of rotatable bonds is 8. The number of nitrogens with two attached hydrogens (primary N) is 1. The van der Waals surface area contributed by atoms with Crippen LogP contribution in [0.5, 0.6) is 0 Å². The standard InChI is InChI=1S/C8H20N4O3S/c1-7(8(9)10)6-12(2)16(13,14)11-4-5-15-3/h7,11H,4-6H2,1-3H3,(H3,9,10). The number of hydrogen-bond donors (Lipinski definition) is 3. The summed E-state index contributed by atoms with van der Waals surface area (Å²) < 4.78 is 31.5. The normalized spacial score (nSPS) is 14.0. The van der Waals surface area contributed by atoms with Gasteiger partial charge in [0, 0.05) is 33.2 Å². The molecule has 0 spiro atoms. The molecule has 0 aromatic heterocycles. The summed E-state index contributed by atoms with van der Waals surface area (Å²) in [7, 11) is -0.575. The van der Waals surface area contributed by atoms with Crippen molar-refractivity contribution in [1.29, 1.82) is 5.41 Å². The van der Waals surface area contributed by atoms with E-state index in [1.807, 2.05) is 0 Å². The van der Waals surface area contributed by atoms with E-state index in [2.05, 4.69) is 4.72 Å². The fourth-order valence-corrected chi connectivity index (χ4v) is 1.95. The average Bonchev–Trinajstić information content (AvgIpc) is 2.17. The fourth-order valence-electron chi connectivity index (χ4n) is 0.965. The lowest BCUT2D eigenvalue weighted by atomic mass is 10.2. The molecule has 16 heavy (non-hydrogen) atoms. The SMILES string of the molecule is COCCNS(=O)(=O)N(C)CC(C)C(=N)N. The Bertz CT molecular complexity index is 317. The second-order valence-electron chi connectivity index (χ2n) is 3.53. The minimum atomic E-state index is -3.51. The molecule has 0 bridgehead atoms. The van der Waals surface area contributed by atoms with Crippen LogP contribution in [0.3, 0.4) is 0 Å². The maximum atomic E-state index is 11.6. The summed E-state index contributed by atoms with van der Waals surface area (Å²) in [5.41, 5.74) is 5.27. The molecule has 0 radical (unpaired) electrons. The first kappa shape index (κ1) is 15.3. The number of methoxy groups -OCH3 is 1. The van der Waals surface area contributed by atoms with Crippen LogP contribution < -0.4 is 10.5 Å². The van der Waals surface area contributed by atoms with Gasteiger partial charge in [-0.25, -0.2) is 0 Å². The van der Waals surface area contributed by atoms with Crippen LogP contribution in [0, 0.1) is 11.3 Å². The predicted octanol–water partition coefficient (Wildman–Crippen LogP) is -1.03. The van der Waals surface area contributed by atoms with Crippen LogP contribution in [-0.4, -0.2) is 52.4 Å². The number of amidine groups is 1. The Morgan fingerprint density at radius 1 is 1.62 bits per heavy atom. The Morgan fingerprint density at radius 2 is 2.19 bits per heavy atom. The molecule has 0 aromatic rings. The second kappa shape index (κ2) is 6.79. The molecule has 0 fully saturated rings. The highest BCUT2D eigenvalue weighted by Crippen LogP contribution is 2.01. The molecule has 0 aliphatic heterocycles. The van der Waals surface area contributed by atoms with Gasteiger partial charge in [-0.05, 0) is 0 Å². The molecule has 0 saturated heterocycles. The van der Waals surface area contributed by atoms with E-state index < -0.39 is 10.2 Å². The third-order valence-electron chi connectivity index (χ3n) is 2.06. The van der Waals surface area contributed by atoms with E-state index >= 15 is 0 Å². The first-order chi connectivity index (χ1) is 7.31. The average molecular weight is 252 g/mol. The molecule has 0 amide bonds. The minimum absolute atomic E-state index is 0.0288. The van der Waals surface area contributed by atoms with E-state index in [1.165, 1.54) is 14.2 Å². The molecule has 0 aliphatic rings. The molecule has 1 unspecified atom stereocenters. The van der Waals surface area contributed by atoms with Crippen LogP contribution in [0.2, 0.25) is 0 Å². The molecule has 4 N–H and O–H groups in total. The van der Waals surface area contributed by atoms with E-state index in [0.717, 1.165) is 4.31 Å². The van der Waals surface area contributed by atoms with Crippen molar-refractivity contribution in [3.05, 3.63) is 0 Å². The highest BCUT2D eigenvalue weighted by molar-refractivity contribution is 7.87. The summed E-state index contributed by atoms with van der Waals surface area (Å²) >= 11 is 0. The molecular weight excluding hydrogens is 232 g/mol. The molecule has 0 aromatic carbocycles. The smallest absolute Gasteiger partial charge is 0.279 e. The third kappa shape index (κ3) is 5.40. The summed E-state index contributed by atoms with van der Waals surface area (Å²) in [5.74, 6) is -0.331. The molecule has 0 aliphatic carbocycles. The van der Waals surface area contributed by atoms with Crippen LogP contribution in [0.15, 0.2) is 0 Å². The molecule has 96 valence electrons. The van der Waals surface area contributed by atoms with Crippen molar-refractivity contribution in [1.82, 2.24) is 9.03 Å². The Hall–Kier alpha value is -0.700. The lowest BCUT2D eigenvalue weighted by Gasteiger charge is -2.20. The predicted molar refractivity (Wildman–Crippen MR) is 62.5 cm³/mol. The van der Waals surface area contributed by atoms with Gasteiger partial charge in [-0.3, -0.25) is 5.41 Å². The molecule has 1 atom stereocenters. The van der Waals surface area contributed by atoms with E-state index in [1.54, 1.807) is 6.92 Å². The topological polar surface area (TPSA) is 109 Å². The lowest BCUT2D eigenvalue weighted by molar-refractivity contribution is 0.204. The molecule has 0 saturated carbocycles. The lowest BCUT2D eigenvalue weighted by Crippen LogP contribution is -2.43. The zero-order valence-corrected chi connectivity index (χ0v) is 10.7. The van der Waals surface area contributed by atoms with Crippen molar-refractivity contribution in [2.24, 2.45) is 11.7 Å². The van der Waals surface area contributed by atoms with Gasteiger partial charge >= 0.3 is 0 Å². The van der Waals surface area contributed by atoms with Gasteiger partial charge in [0.15, 0.2) is 0 Å². The zero-order valence-electron chi connectivity index (χ0n) is 9.86. The van der Waals surface area contributed by atoms with Gasteiger partial charge in [-0.1, -0.05) is 6.92 Å². The van der Waals surface area contributed by atoms with Crippen molar-refractivity contribution in [3.8, 4) is 0 Å². The Kier molecular flexibility index (Phi) is 6.49. The van der Waals surface area contributed by atoms with Gasteiger partial charge < -0.3 is 10.5 Å². The fraction of sp³-hybridized carbons (Fsp3) is 0.875. The molecule has 8 heteroatoms. The van der Waals surface area contributed by atoms with Gasteiger partial charge in [0.25, 0.3) is 10.2 Å². The quantitative estimate of drug-likeness (QED) is 0.291. The summed E-state index contributed by atoms with van der Waals surface area (Å²) in [6.07, 6.45) is 0. The Morgan fingerprint density at radius 3 is 2.62 bits per heavy atom. The summed E-state index contributed by atoms with van der Waals surface area (Å²) in [6.45, 7) is 2.41. The van der Waals surface area contributed by atoms with Crippen molar-refractivity contribution in [3.63, 3.8) is 0 Å². The Balaban J connectivity index is 4.24. The zero-order chi connectivity index (χ0) is 12.8. The number of nitrogens with one attached hydrogen (secondary N) is 2. The second-order valence-corrected chi connectivity index (χ2v) is 5.39. The van der Waals surface area contributed by atoms with Gasteiger partial charge in [0.1, 0.15) is 0 Å². The molecular formula is C8H20N4O3S. The van der Waals surface area contributed by atoms with E-state index in [4.69, 9.17) is 15.9 Å². The summed E-state index contributed by atoms with van der Waals surface area (Å²) in [4.78, 5) is 0. The van der Waals surface area contributed by atoms with Crippen LogP contribution in [0.1, 0.15) is 6.92 Å². The Labute approximate surface area is 96.6 Å².